The van der Waals surface area contributed by atoms with Crippen molar-refractivity contribution in [3.05, 3.63) is 17.8 Å². The van der Waals surface area contributed by atoms with E-state index in [0.717, 1.165) is 12.1 Å². The maximum absolute atomic E-state index is 5.89. The van der Waals surface area contributed by atoms with Crippen molar-refractivity contribution < 1.29 is 4.42 Å². The van der Waals surface area contributed by atoms with E-state index in [2.05, 4.69) is 18.8 Å². The lowest BCUT2D eigenvalue weighted by atomic mass is 10.0. The third-order valence-electron chi connectivity index (χ3n) is 1.74. The lowest BCUT2D eigenvalue weighted by molar-refractivity contribution is 0.495. The molecule has 3 heteroatoms. The number of aromatic nitrogens is 1. The summed E-state index contributed by atoms with van der Waals surface area (Å²) in [5.41, 5.74) is 6.75. The summed E-state index contributed by atoms with van der Waals surface area (Å²) in [5.74, 6) is 1.28. The zero-order chi connectivity index (χ0) is 9.14. The zero-order valence-electron chi connectivity index (χ0n) is 7.87. The van der Waals surface area contributed by atoms with Gasteiger partial charge in [-0.05, 0) is 12.3 Å². The predicted octanol–water partition coefficient (Wildman–Crippen LogP) is 2.03. The second kappa shape index (κ2) is 3.72. The summed E-state index contributed by atoms with van der Waals surface area (Å²) in [6.45, 7) is 6.12. The van der Waals surface area contributed by atoms with Gasteiger partial charge in [0.1, 0.15) is 6.26 Å². The van der Waals surface area contributed by atoms with Gasteiger partial charge < -0.3 is 10.2 Å². The van der Waals surface area contributed by atoms with E-state index < -0.39 is 0 Å². The van der Waals surface area contributed by atoms with E-state index >= 15 is 0 Å². The maximum atomic E-state index is 5.89. The van der Waals surface area contributed by atoms with Gasteiger partial charge in [-0.25, -0.2) is 4.98 Å². The van der Waals surface area contributed by atoms with E-state index in [1.54, 1.807) is 6.26 Å². The summed E-state index contributed by atoms with van der Waals surface area (Å²) >= 11 is 0. The Balaban J connectivity index is 2.58. The summed E-state index contributed by atoms with van der Waals surface area (Å²) in [5, 5.41) is 0. The molecule has 1 aromatic heterocycles. The fourth-order valence-corrected chi connectivity index (χ4v) is 1.18. The molecule has 0 amide bonds. The molecule has 1 aromatic rings. The molecule has 0 spiro atoms. The number of nitrogens with zero attached hydrogens (tertiary/aromatic N) is 1. The summed E-state index contributed by atoms with van der Waals surface area (Å²) in [6.07, 6.45) is 2.59. The van der Waals surface area contributed by atoms with Crippen molar-refractivity contribution in [2.75, 3.05) is 0 Å². The highest BCUT2D eigenvalue weighted by Gasteiger charge is 2.11. The Kier molecular flexibility index (Phi) is 2.87. The number of hydrogen-bond acceptors (Lipinski definition) is 3. The van der Waals surface area contributed by atoms with E-state index in [0.29, 0.717) is 11.8 Å². The molecule has 0 aliphatic rings. The van der Waals surface area contributed by atoms with Crippen LogP contribution in [0.4, 0.5) is 0 Å². The smallest absolute Gasteiger partial charge is 0.191 e. The standard InChI is InChI=1S/C9H16N2O/c1-6(2)4-8(10)9-5-12-7(3)11-9/h5-6,8H,4,10H2,1-3H3/t8-/m1/s1. The number of aryl methyl sites for hydroxylation is 1. The second-order valence-corrected chi connectivity index (χ2v) is 3.53. The fourth-order valence-electron chi connectivity index (χ4n) is 1.18. The first kappa shape index (κ1) is 9.26. The van der Waals surface area contributed by atoms with E-state index in [9.17, 15) is 0 Å². The highest BCUT2D eigenvalue weighted by molar-refractivity contribution is 5.01. The molecule has 0 bridgehead atoms. The molecule has 0 aliphatic heterocycles. The van der Waals surface area contributed by atoms with Crippen molar-refractivity contribution in [3.8, 4) is 0 Å². The van der Waals surface area contributed by atoms with Crippen LogP contribution < -0.4 is 5.73 Å². The van der Waals surface area contributed by atoms with Gasteiger partial charge in [0.15, 0.2) is 5.89 Å². The first-order valence-corrected chi connectivity index (χ1v) is 4.27. The normalized spacial score (nSPS) is 13.8. The first-order chi connectivity index (χ1) is 5.59. The molecular weight excluding hydrogens is 152 g/mol. The van der Waals surface area contributed by atoms with Gasteiger partial charge in [0, 0.05) is 6.92 Å². The largest absolute Gasteiger partial charge is 0.449 e. The lowest BCUT2D eigenvalue weighted by Crippen LogP contribution is -2.13. The van der Waals surface area contributed by atoms with Gasteiger partial charge >= 0.3 is 0 Å². The Morgan fingerprint density at radius 3 is 2.67 bits per heavy atom. The summed E-state index contributed by atoms with van der Waals surface area (Å²) in [4.78, 5) is 4.17. The minimum absolute atomic E-state index is 0.0162. The van der Waals surface area contributed by atoms with E-state index in [4.69, 9.17) is 10.2 Å². The predicted molar refractivity (Wildman–Crippen MR) is 47.6 cm³/mol. The molecule has 0 saturated carbocycles. The summed E-state index contributed by atoms with van der Waals surface area (Å²) in [6, 6.07) is 0.0162. The lowest BCUT2D eigenvalue weighted by Gasteiger charge is -2.09. The molecule has 1 atom stereocenters. The van der Waals surface area contributed by atoms with Crippen LogP contribution in [-0.4, -0.2) is 4.98 Å². The number of nitrogens with two attached hydrogens (primary N) is 1. The molecule has 68 valence electrons. The van der Waals surface area contributed by atoms with Crippen molar-refractivity contribution in [1.29, 1.82) is 0 Å². The van der Waals surface area contributed by atoms with Gasteiger partial charge in [0.2, 0.25) is 0 Å². The SMILES string of the molecule is Cc1nc([C@H](N)CC(C)C)co1. The molecule has 0 fully saturated rings. The molecule has 0 radical (unpaired) electrons. The molecule has 0 aromatic carbocycles. The van der Waals surface area contributed by atoms with Crippen molar-refractivity contribution >= 4 is 0 Å². The topological polar surface area (TPSA) is 52.0 Å². The monoisotopic (exact) mass is 168 g/mol. The van der Waals surface area contributed by atoms with E-state index in [1.165, 1.54) is 0 Å². The summed E-state index contributed by atoms with van der Waals surface area (Å²) < 4.78 is 5.08. The molecule has 12 heavy (non-hydrogen) atoms. The van der Waals surface area contributed by atoms with Crippen LogP contribution in [0.1, 0.15) is 37.9 Å². The van der Waals surface area contributed by atoms with Gasteiger partial charge in [0.25, 0.3) is 0 Å². The molecule has 0 saturated heterocycles. The average molecular weight is 168 g/mol. The Labute approximate surface area is 73.0 Å². The molecule has 2 N–H and O–H groups in total. The molecule has 1 rings (SSSR count). The van der Waals surface area contributed by atoms with Gasteiger partial charge in [-0.2, -0.15) is 0 Å². The molecule has 1 heterocycles. The van der Waals surface area contributed by atoms with E-state index in [-0.39, 0.29) is 6.04 Å². The Hall–Kier alpha value is -0.830. The van der Waals surface area contributed by atoms with Crippen LogP contribution in [0.25, 0.3) is 0 Å². The van der Waals surface area contributed by atoms with Crippen LogP contribution in [0.2, 0.25) is 0 Å². The van der Waals surface area contributed by atoms with Crippen LogP contribution in [0.15, 0.2) is 10.7 Å². The highest BCUT2D eigenvalue weighted by Crippen LogP contribution is 2.17. The van der Waals surface area contributed by atoms with Crippen LogP contribution in [0.3, 0.4) is 0 Å². The van der Waals surface area contributed by atoms with Crippen molar-refractivity contribution in [1.82, 2.24) is 4.98 Å². The van der Waals surface area contributed by atoms with Gasteiger partial charge in [-0.1, -0.05) is 13.8 Å². The third-order valence-corrected chi connectivity index (χ3v) is 1.74. The van der Waals surface area contributed by atoms with Crippen LogP contribution >= 0.6 is 0 Å². The van der Waals surface area contributed by atoms with Crippen molar-refractivity contribution in [3.63, 3.8) is 0 Å². The Bertz CT molecular complexity index is 242. The minimum Gasteiger partial charge on any atom is -0.449 e. The number of oxazole rings is 1. The maximum Gasteiger partial charge on any atom is 0.191 e. The van der Waals surface area contributed by atoms with Gasteiger partial charge in [-0.3, -0.25) is 0 Å². The third kappa shape index (κ3) is 2.34. The number of hydrogen-bond donors (Lipinski definition) is 1. The first-order valence-electron chi connectivity index (χ1n) is 4.27. The summed E-state index contributed by atoms with van der Waals surface area (Å²) in [7, 11) is 0. The number of rotatable bonds is 3. The van der Waals surface area contributed by atoms with Crippen LogP contribution in [0, 0.1) is 12.8 Å². The second-order valence-electron chi connectivity index (χ2n) is 3.53. The van der Waals surface area contributed by atoms with Gasteiger partial charge in [-0.15, -0.1) is 0 Å². The van der Waals surface area contributed by atoms with Gasteiger partial charge in [0.05, 0.1) is 11.7 Å². The molecule has 3 nitrogen and oxygen atoms in total. The van der Waals surface area contributed by atoms with Crippen LogP contribution in [-0.2, 0) is 0 Å². The highest BCUT2D eigenvalue weighted by atomic mass is 16.3. The minimum atomic E-state index is 0.0162. The average Bonchev–Trinajstić information content (AvgIpc) is 2.34. The zero-order valence-corrected chi connectivity index (χ0v) is 7.87. The Morgan fingerprint density at radius 2 is 2.25 bits per heavy atom. The molecule has 0 aliphatic carbocycles. The molecular formula is C9H16N2O. The fraction of sp³-hybridized carbons (Fsp3) is 0.667. The Morgan fingerprint density at radius 1 is 1.58 bits per heavy atom. The van der Waals surface area contributed by atoms with E-state index in [1.807, 2.05) is 6.92 Å². The van der Waals surface area contributed by atoms with Crippen LogP contribution in [0.5, 0.6) is 0 Å². The quantitative estimate of drug-likeness (QED) is 0.751. The van der Waals surface area contributed by atoms with Crippen molar-refractivity contribution in [2.45, 2.75) is 33.2 Å². The molecule has 0 unspecified atom stereocenters. The van der Waals surface area contributed by atoms with Crippen molar-refractivity contribution in [2.24, 2.45) is 11.7 Å².